The van der Waals surface area contributed by atoms with E-state index in [0.29, 0.717) is 5.92 Å². The quantitative estimate of drug-likeness (QED) is 0.897. The van der Waals surface area contributed by atoms with Crippen molar-refractivity contribution in [2.24, 2.45) is 11.7 Å². The zero-order chi connectivity index (χ0) is 14.7. The lowest BCUT2D eigenvalue weighted by molar-refractivity contribution is 0.0179. The third-order valence-corrected chi connectivity index (χ3v) is 5.44. The highest BCUT2D eigenvalue weighted by molar-refractivity contribution is 5.35. The molecule has 2 nitrogen and oxygen atoms in total. The molecule has 0 radical (unpaired) electrons. The first-order valence-corrected chi connectivity index (χ1v) is 8.67. The Morgan fingerprint density at radius 1 is 1.10 bits per heavy atom. The SMILES string of the molecule is COC(C(N)Cc1ccc2c(c1)CCC2)C1CCCCC1. The Balaban J connectivity index is 1.65. The Morgan fingerprint density at radius 2 is 1.86 bits per heavy atom. The van der Waals surface area contributed by atoms with Gasteiger partial charge in [-0.15, -0.1) is 0 Å². The third-order valence-electron chi connectivity index (χ3n) is 5.44. The van der Waals surface area contributed by atoms with E-state index in [-0.39, 0.29) is 12.1 Å². The molecule has 2 aliphatic rings. The average Bonchev–Trinajstić information content (AvgIpc) is 2.96. The monoisotopic (exact) mass is 287 g/mol. The Labute approximate surface area is 129 Å². The highest BCUT2D eigenvalue weighted by Gasteiger charge is 2.28. The van der Waals surface area contributed by atoms with Crippen LogP contribution in [-0.4, -0.2) is 19.3 Å². The van der Waals surface area contributed by atoms with Crippen LogP contribution in [0.2, 0.25) is 0 Å². The number of fused-ring (bicyclic) bond motifs is 1. The summed E-state index contributed by atoms with van der Waals surface area (Å²) in [6.07, 6.45) is 11.6. The molecule has 2 atom stereocenters. The largest absolute Gasteiger partial charge is 0.380 e. The maximum Gasteiger partial charge on any atom is 0.0753 e. The van der Waals surface area contributed by atoms with Crippen LogP contribution in [0.25, 0.3) is 0 Å². The van der Waals surface area contributed by atoms with E-state index in [4.69, 9.17) is 10.5 Å². The number of rotatable bonds is 5. The molecular weight excluding hydrogens is 258 g/mol. The van der Waals surface area contributed by atoms with Crippen molar-refractivity contribution in [3.05, 3.63) is 34.9 Å². The van der Waals surface area contributed by atoms with Gasteiger partial charge in [0.15, 0.2) is 0 Å². The fraction of sp³-hybridized carbons (Fsp3) is 0.684. The summed E-state index contributed by atoms with van der Waals surface area (Å²) in [5.74, 6) is 0.660. The molecule has 1 aromatic carbocycles. The molecule has 1 fully saturated rings. The van der Waals surface area contributed by atoms with Crippen LogP contribution in [0, 0.1) is 5.92 Å². The van der Waals surface area contributed by atoms with Crippen molar-refractivity contribution < 1.29 is 4.74 Å². The summed E-state index contributed by atoms with van der Waals surface area (Å²) in [5.41, 5.74) is 11.0. The lowest BCUT2D eigenvalue weighted by Crippen LogP contribution is -2.43. The van der Waals surface area contributed by atoms with E-state index in [9.17, 15) is 0 Å². The van der Waals surface area contributed by atoms with Crippen LogP contribution in [0.4, 0.5) is 0 Å². The van der Waals surface area contributed by atoms with Crippen molar-refractivity contribution >= 4 is 0 Å². The molecule has 21 heavy (non-hydrogen) atoms. The predicted octanol–water partition coefficient (Wildman–Crippen LogP) is 3.64. The first-order valence-electron chi connectivity index (χ1n) is 8.67. The van der Waals surface area contributed by atoms with Crippen molar-refractivity contribution in [2.45, 2.75) is 69.9 Å². The zero-order valence-electron chi connectivity index (χ0n) is 13.3. The number of nitrogens with two attached hydrogens (primary N) is 1. The van der Waals surface area contributed by atoms with Crippen LogP contribution < -0.4 is 5.73 Å². The second-order valence-electron chi connectivity index (χ2n) is 6.92. The van der Waals surface area contributed by atoms with Gasteiger partial charge in [0.05, 0.1) is 6.10 Å². The predicted molar refractivity (Wildman–Crippen MR) is 87.5 cm³/mol. The van der Waals surface area contributed by atoms with Gasteiger partial charge in [0.25, 0.3) is 0 Å². The lowest BCUT2D eigenvalue weighted by Gasteiger charge is -2.33. The first kappa shape index (κ1) is 15.1. The van der Waals surface area contributed by atoms with Crippen molar-refractivity contribution in [3.63, 3.8) is 0 Å². The van der Waals surface area contributed by atoms with Gasteiger partial charge in [-0.3, -0.25) is 0 Å². The average molecular weight is 287 g/mol. The molecule has 0 saturated heterocycles. The van der Waals surface area contributed by atoms with Gasteiger partial charge in [-0.25, -0.2) is 0 Å². The molecule has 0 spiro atoms. The fourth-order valence-corrected chi connectivity index (χ4v) is 4.32. The topological polar surface area (TPSA) is 35.2 Å². The van der Waals surface area contributed by atoms with Gasteiger partial charge in [0, 0.05) is 13.2 Å². The van der Waals surface area contributed by atoms with Gasteiger partial charge in [-0.1, -0.05) is 37.5 Å². The summed E-state index contributed by atoms with van der Waals surface area (Å²) in [6.45, 7) is 0. The minimum atomic E-state index is 0.123. The summed E-state index contributed by atoms with van der Waals surface area (Å²) in [5, 5.41) is 0. The summed E-state index contributed by atoms with van der Waals surface area (Å²) in [6, 6.07) is 7.10. The Bertz CT molecular complexity index is 465. The number of hydrogen-bond acceptors (Lipinski definition) is 2. The smallest absolute Gasteiger partial charge is 0.0753 e. The first-order chi connectivity index (χ1) is 10.3. The molecule has 2 unspecified atom stereocenters. The molecule has 116 valence electrons. The maximum atomic E-state index is 6.51. The van der Waals surface area contributed by atoms with E-state index in [1.54, 1.807) is 11.1 Å². The van der Waals surface area contributed by atoms with Crippen LogP contribution in [0.3, 0.4) is 0 Å². The zero-order valence-corrected chi connectivity index (χ0v) is 13.3. The van der Waals surface area contributed by atoms with Crippen LogP contribution >= 0.6 is 0 Å². The molecule has 2 aliphatic carbocycles. The summed E-state index contributed by atoms with van der Waals surface area (Å²) in [7, 11) is 1.84. The number of methoxy groups -OCH3 is 1. The molecule has 1 saturated carbocycles. The Hall–Kier alpha value is -0.860. The van der Waals surface area contributed by atoms with Gasteiger partial charge in [0.1, 0.15) is 0 Å². The van der Waals surface area contributed by atoms with Crippen LogP contribution in [0.5, 0.6) is 0 Å². The highest BCUT2D eigenvalue weighted by Crippen LogP contribution is 2.30. The highest BCUT2D eigenvalue weighted by atomic mass is 16.5. The van der Waals surface area contributed by atoms with Gasteiger partial charge < -0.3 is 10.5 Å². The molecule has 2 N–H and O–H groups in total. The number of aryl methyl sites for hydroxylation is 2. The molecule has 3 rings (SSSR count). The summed E-state index contributed by atoms with van der Waals surface area (Å²) >= 11 is 0. The van der Waals surface area contributed by atoms with Crippen LogP contribution in [0.15, 0.2) is 18.2 Å². The van der Waals surface area contributed by atoms with Gasteiger partial charge >= 0.3 is 0 Å². The number of ether oxygens (including phenoxy) is 1. The van der Waals surface area contributed by atoms with E-state index in [1.165, 1.54) is 56.9 Å². The van der Waals surface area contributed by atoms with Crippen molar-refractivity contribution in [1.29, 1.82) is 0 Å². The third kappa shape index (κ3) is 3.49. The molecular formula is C19H29NO. The molecule has 0 aromatic heterocycles. The molecule has 1 aromatic rings. The van der Waals surface area contributed by atoms with E-state index < -0.39 is 0 Å². The van der Waals surface area contributed by atoms with Crippen molar-refractivity contribution in [3.8, 4) is 0 Å². The maximum absolute atomic E-state index is 6.51. The van der Waals surface area contributed by atoms with Gasteiger partial charge in [0.2, 0.25) is 0 Å². The molecule has 0 amide bonds. The van der Waals surface area contributed by atoms with Gasteiger partial charge in [-0.2, -0.15) is 0 Å². The van der Waals surface area contributed by atoms with Crippen molar-refractivity contribution in [1.82, 2.24) is 0 Å². The van der Waals surface area contributed by atoms with Gasteiger partial charge in [-0.05, 0) is 61.1 Å². The fourth-order valence-electron chi connectivity index (χ4n) is 4.32. The lowest BCUT2D eigenvalue weighted by atomic mass is 9.81. The molecule has 2 heteroatoms. The second kappa shape index (κ2) is 6.93. The van der Waals surface area contributed by atoms with E-state index in [0.717, 1.165) is 6.42 Å². The molecule has 0 bridgehead atoms. The Morgan fingerprint density at radius 3 is 2.62 bits per heavy atom. The minimum absolute atomic E-state index is 0.123. The standard InChI is InChI=1S/C19H29NO/c1-21-19(16-6-3-2-4-7-16)18(20)13-14-10-11-15-8-5-9-17(15)12-14/h10-12,16,18-19H,2-9,13,20H2,1H3. The van der Waals surface area contributed by atoms with E-state index >= 15 is 0 Å². The van der Waals surface area contributed by atoms with Crippen molar-refractivity contribution in [2.75, 3.05) is 7.11 Å². The number of hydrogen-bond donors (Lipinski definition) is 1. The summed E-state index contributed by atoms with van der Waals surface area (Å²) in [4.78, 5) is 0. The normalized spacial score (nSPS) is 22.0. The molecule has 0 aliphatic heterocycles. The summed E-state index contributed by atoms with van der Waals surface area (Å²) < 4.78 is 5.79. The molecule has 0 heterocycles. The minimum Gasteiger partial charge on any atom is -0.380 e. The number of benzene rings is 1. The Kier molecular flexibility index (Phi) is 4.97. The second-order valence-corrected chi connectivity index (χ2v) is 6.92. The van der Waals surface area contributed by atoms with E-state index in [1.807, 2.05) is 7.11 Å². The van der Waals surface area contributed by atoms with Crippen LogP contribution in [-0.2, 0) is 24.0 Å². The van der Waals surface area contributed by atoms with Crippen LogP contribution in [0.1, 0.15) is 55.2 Å². The van der Waals surface area contributed by atoms with E-state index in [2.05, 4.69) is 18.2 Å².